The zero-order valence-corrected chi connectivity index (χ0v) is 20.0. The number of carbonyl (C=O) groups is 1. The van der Waals surface area contributed by atoms with E-state index in [0.717, 1.165) is 17.6 Å². The van der Waals surface area contributed by atoms with Crippen LogP contribution in [0.5, 0.6) is 0 Å². The molecule has 3 aliphatic rings. The highest BCUT2D eigenvalue weighted by molar-refractivity contribution is 5.75. The predicted molar refractivity (Wildman–Crippen MR) is 122 cm³/mol. The van der Waals surface area contributed by atoms with Crippen LogP contribution in [0.3, 0.4) is 0 Å². The maximum Gasteiger partial charge on any atom is 0.311 e. The molecule has 0 amide bonds. The first-order chi connectivity index (χ1) is 14.2. The molecule has 166 valence electrons. The minimum atomic E-state index is -0.558. The number of carbonyl (C=O) groups excluding carboxylic acids is 1. The third-order valence-corrected chi connectivity index (χ3v) is 7.18. The molecule has 31 heavy (non-hydrogen) atoms. The summed E-state index contributed by atoms with van der Waals surface area (Å²) in [6.45, 7) is 16.4. The van der Waals surface area contributed by atoms with Crippen molar-refractivity contribution in [3.8, 4) is 6.07 Å². The highest BCUT2D eigenvalue weighted by atomic mass is 16.5. The summed E-state index contributed by atoms with van der Waals surface area (Å²) < 4.78 is 5.64. The summed E-state index contributed by atoms with van der Waals surface area (Å²) in [5.41, 5.74) is 2.81. The maximum atomic E-state index is 12.3. The number of ether oxygens (including phenoxy) is 1. The molecular formula is C26H34N2O3. The summed E-state index contributed by atoms with van der Waals surface area (Å²) in [7, 11) is 0. The van der Waals surface area contributed by atoms with Gasteiger partial charge in [0, 0.05) is 11.5 Å². The van der Waals surface area contributed by atoms with Crippen molar-refractivity contribution >= 4 is 11.7 Å². The Kier molecular flexibility index (Phi) is 5.67. The highest BCUT2D eigenvalue weighted by Gasteiger charge is 2.56. The van der Waals surface area contributed by atoms with Crippen molar-refractivity contribution in [3.63, 3.8) is 0 Å². The largest absolute Gasteiger partial charge is 0.461 e. The molecule has 0 N–H and O–H groups in total. The number of nitrogens with zero attached hydrogens (tertiary/aromatic N) is 2. The van der Waals surface area contributed by atoms with Gasteiger partial charge in [0.05, 0.1) is 17.0 Å². The van der Waals surface area contributed by atoms with Gasteiger partial charge in [0.25, 0.3) is 0 Å². The number of rotatable bonds is 4. The third kappa shape index (κ3) is 4.05. The fourth-order valence-electron chi connectivity index (χ4n) is 5.05. The summed E-state index contributed by atoms with van der Waals surface area (Å²) in [6.07, 6.45) is 3.09. The maximum absolute atomic E-state index is 12.3. The van der Waals surface area contributed by atoms with Crippen LogP contribution in [0.15, 0.2) is 29.0 Å². The second kappa shape index (κ2) is 7.58. The number of hydrogen-bond donors (Lipinski definition) is 0. The Morgan fingerprint density at radius 2 is 1.87 bits per heavy atom. The summed E-state index contributed by atoms with van der Waals surface area (Å²) in [6, 6.07) is 6.04. The topological polar surface area (TPSA) is 79.5 Å². The van der Waals surface area contributed by atoms with Crippen molar-refractivity contribution in [2.45, 2.75) is 73.1 Å². The van der Waals surface area contributed by atoms with Gasteiger partial charge in [-0.15, -0.1) is 4.91 Å². The predicted octanol–water partition coefficient (Wildman–Crippen LogP) is 6.53. The number of hydrogen-bond acceptors (Lipinski definition) is 5. The first-order valence-electron chi connectivity index (χ1n) is 11.0. The number of fused-ring (bicyclic) bond motifs is 1. The minimum absolute atomic E-state index is 0.00152. The van der Waals surface area contributed by atoms with Gasteiger partial charge in [-0.05, 0) is 78.3 Å². The van der Waals surface area contributed by atoms with E-state index in [1.54, 1.807) is 0 Å². The van der Waals surface area contributed by atoms with Crippen LogP contribution < -0.4 is 0 Å². The van der Waals surface area contributed by atoms with Gasteiger partial charge in [-0.3, -0.25) is 4.79 Å². The van der Waals surface area contributed by atoms with Gasteiger partial charge in [-0.1, -0.05) is 40.7 Å². The summed E-state index contributed by atoms with van der Waals surface area (Å²) in [4.78, 5) is 24.2. The van der Waals surface area contributed by atoms with Crippen molar-refractivity contribution in [1.82, 2.24) is 0 Å². The van der Waals surface area contributed by atoms with Crippen LogP contribution in [0.2, 0.25) is 0 Å². The molecule has 1 aromatic carbocycles. The Balaban J connectivity index is 2.06. The van der Waals surface area contributed by atoms with E-state index in [-0.39, 0.29) is 29.3 Å². The van der Waals surface area contributed by atoms with Crippen LogP contribution in [0.4, 0.5) is 5.69 Å². The van der Waals surface area contributed by atoms with E-state index >= 15 is 0 Å². The van der Waals surface area contributed by atoms with Gasteiger partial charge < -0.3 is 4.74 Å². The molecule has 2 bridgehead atoms. The number of benzene rings is 1. The van der Waals surface area contributed by atoms with Crippen LogP contribution in [0, 0.1) is 38.9 Å². The van der Waals surface area contributed by atoms with E-state index in [2.05, 4.69) is 51.9 Å². The van der Waals surface area contributed by atoms with Gasteiger partial charge in [0.2, 0.25) is 0 Å². The molecule has 4 rings (SSSR count). The lowest BCUT2D eigenvalue weighted by Gasteiger charge is -2.59. The van der Waals surface area contributed by atoms with E-state index in [4.69, 9.17) is 4.74 Å². The first kappa shape index (κ1) is 23.2. The van der Waals surface area contributed by atoms with Crippen molar-refractivity contribution in [3.05, 3.63) is 45.4 Å². The molecule has 1 aromatic rings. The minimum Gasteiger partial charge on any atom is -0.461 e. The Morgan fingerprint density at radius 3 is 2.35 bits per heavy atom. The molecule has 0 radical (unpaired) electrons. The van der Waals surface area contributed by atoms with Gasteiger partial charge >= 0.3 is 5.97 Å². The average molecular weight is 423 g/mol. The van der Waals surface area contributed by atoms with E-state index < -0.39 is 5.41 Å². The van der Waals surface area contributed by atoms with Crippen LogP contribution in [-0.4, -0.2) is 12.6 Å². The van der Waals surface area contributed by atoms with Crippen molar-refractivity contribution < 1.29 is 9.53 Å². The molecule has 0 spiro atoms. The zero-order chi connectivity index (χ0) is 23.4. The Morgan fingerprint density at radius 1 is 1.23 bits per heavy atom. The monoisotopic (exact) mass is 422 g/mol. The number of nitriles is 1. The molecule has 1 saturated carbocycles. The lowest BCUT2D eigenvalue weighted by molar-refractivity contribution is -0.152. The molecule has 3 atom stereocenters. The molecule has 0 heterocycles. The normalized spacial score (nSPS) is 24.5. The van der Waals surface area contributed by atoms with Crippen LogP contribution >= 0.6 is 0 Å². The molecule has 5 nitrogen and oxygen atoms in total. The van der Waals surface area contributed by atoms with Gasteiger partial charge in [-0.2, -0.15) is 5.26 Å². The molecule has 0 aliphatic heterocycles. The molecule has 0 aromatic heterocycles. The van der Waals surface area contributed by atoms with Crippen LogP contribution in [-0.2, 0) is 14.9 Å². The van der Waals surface area contributed by atoms with E-state index in [1.165, 1.54) is 0 Å². The number of allylic oxidation sites excluding steroid dienone is 1. The fraction of sp³-hybridized carbons (Fsp3) is 0.615. The van der Waals surface area contributed by atoms with Crippen molar-refractivity contribution in [2.24, 2.45) is 27.8 Å². The van der Waals surface area contributed by atoms with E-state index in [0.29, 0.717) is 28.7 Å². The second-order valence-electron chi connectivity index (χ2n) is 11.7. The van der Waals surface area contributed by atoms with Gasteiger partial charge in [0.1, 0.15) is 12.3 Å². The Hall–Kier alpha value is -2.48. The lowest BCUT2D eigenvalue weighted by atomic mass is 9.45. The quantitative estimate of drug-likeness (QED) is 0.314. The van der Waals surface area contributed by atoms with E-state index in [1.807, 2.05) is 32.9 Å². The standard InChI is InChI=1S/C26H34N2O3/c1-24(2,3)17-9-15(13-27)22(21(11-17)28-30)18-10-16(14-31-23(29)25(4,5)6)19-12-20(18)26(19,7)8/h9-11,18-20H,12,14H2,1-8H3/t18?,19-,20+/m0/s1. The summed E-state index contributed by atoms with van der Waals surface area (Å²) >= 11 is 0. The zero-order valence-electron chi connectivity index (χ0n) is 20.0. The molecule has 5 heteroatoms. The lowest BCUT2D eigenvalue weighted by Crippen LogP contribution is -2.52. The van der Waals surface area contributed by atoms with Crippen molar-refractivity contribution in [2.75, 3.05) is 6.61 Å². The van der Waals surface area contributed by atoms with E-state index in [9.17, 15) is 15.0 Å². The van der Waals surface area contributed by atoms with Crippen LogP contribution in [0.1, 0.15) is 84.4 Å². The average Bonchev–Trinajstić information content (AvgIpc) is 2.68. The molecular weight excluding hydrogens is 388 g/mol. The highest BCUT2D eigenvalue weighted by Crippen LogP contribution is 2.64. The number of nitroso groups, excluding NO2 is 1. The summed E-state index contributed by atoms with van der Waals surface area (Å²) in [5.74, 6) is 0.326. The smallest absolute Gasteiger partial charge is 0.311 e. The molecule has 3 aliphatic carbocycles. The first-order valence-corrected chi connectivity index (χ1v) is 11.0. The second-order valence-corrected chi connectivity index (χ2v) is 11.7. The van der Waals surface area contributed by atoms with Crippen LogP contribution in [0.25, 0.3) is 0 Å². The van der Waals surface area contributed by atoms with Gasteiger partial charge in [0.15, 0.2) is 0 Å². The third-order valence-electron chi connectivity index (χ3n) is 7.18. The molecule has 0 saturated heterocycles. The fourth-order valence-corrected chi connectivity index (χ4v) is 5.05. The Labute approximate surface area is 185 Å². The van der Waals surface area contributed by atoms with Crippen molar-refractivity contribution in [1.29, 1.82) is 5.26 Å². The molecule has 1 unspecified atom stereocenters. The molecule has 1 fully saturated rings. The number of esters is 1. The Bertz CT molecular complexity index is 984. The van der Waals surface area contributed by atoms with Gasteiger partial charge in [-0.25, -0.2) is 0 Å². The summed E-state index contributed by atoms with van der Waals surface area (Å²) in [5, 5.41) is 13.3. The SMILES string of the molecule is CC(C)(C)C(=O)OCC1=CC(c2c(C#N)cc(C(C)(C)C)cc2N=O)[C@H]2C[C@@H]1C2(C)C.